The average Bonchev–Trinajstić information content (AvgIpc) is 3.01. The van der Waals surface area contributed by atoms with Gasteiger partial charge in [0.15, 0.2) is 5.13 Å². The topological polar surface area (TPSA) is 80.0 Å². The van der Waals surface area contributed by atoms with E-state index in [1.807, 2.05) is 13.8 Å². The van der Waals surface area contributed by atoms with Crippen LogP contribution in [0.2, 0.25) is 0 Å². The summed E-state index contributed by atoms with van der Waals surface area (Å²) in [6, 6.07) is 0.203. The Morgan fingerprint density at radius 2 is 2.33 bits per heavy atom. The van der Waals surface area contributed by atoms with Crippen LogP contribution in [-0.2, 0) is 0 Å². The van der Waals surface area contributed by atoms with Crippen LogP contribution in [0.25, 0.3) is 0 Å². The Balaban J connectivity index is 1.94. The molecule has 0 spiro atoms. The second-order valence-electron chi connectivity index (χ2n) is 4.82. The summed E-state index contributed by atoms with van der Waals surface area (Å²) in [5.74, 6) is 1.01. The van der Waals surface area contributed by atoms with Gasteiger partial charge in [0, 0.05) is 12.6 Å². The number of nitrogen functional groups attached to an aromatic ring is 1. The predicted octanol–water partition coefficient (Wildman–Crippen LogP) is 2.08. The molecular formula is C12H20N4OS. The van der Waals surface area contributed by atoms with Gasteiger partial charge < -0.3 is 16.4 Å². The Hall–Kier alpha value is -1.30. The molecule has 6 heteroatoms. The SMILES string of the molecule is CCNc1nc(N)c(C(=O)NC(C)CC2CC2)s1. The molecule has 1 saturated carbocycles. The van der Waals surface area contributed by atoms with Crippen LogP contribution in [0.4, 0.5) is 10.9 Å². The first-order valence-corrected chi connectivity index (χ1v) is 7.22. The first kappa shape index (κ1) is 13.1. The molecule has 1 atom stereocenters. The zero-order valence-electron chi connectivity index (χ0n) is 10.8. The van der Waals surface area contributed by atoms with Crippen molar-refractivity contribution in [2.45, 2.75) is 39.2 Å². The second-order valence-corrected chi connectivity index (χ2v) is 5.82. The number of nitrogens with one attached hydrogen (secondary N) is 2. The summed E-state index contributed by atoms with van der Waals surface area (Å²) in [6.07, 6.45) is 3.66. The molecule has 1 amide bonds. The summed E-state index contributed by atoms with van der Waals surface area (Å²) in [5.41, 5.74) is 5.76. The van der Waals surface area contributed by atoms with Crippen LogP contribution in [0.5, 0.6) is 0 Å². The number of anilines is 2. The van der Waals surface area contributed by atoms with Crippen LogP contribution >= 0.6 is 11.3 Å². The minimum absolute atomic E-state index is 0.109. The van der Waals surface area contributed by atoms with E-state index in [0.29, 0.717) is 15.8 Å². The van der Waals surface area contributed by atoms with Crippen molar-refractivity contribution in [2.24, 2.45) is 5.92 Å². The Kier molecular flexibility index (Phi) is 4.06. The minimum atomic E-state index is -0.109. The van der Waals surface area contributed by atoms with E-state index in [4.69, 9.17) is 5.73 Å². The standard InChI is InChI=1S/C12H20N4OS/c1-3-14-12-16-10(13)9(18-12)11(17)15-7(2)6-8-4-5-8/h7-8H,3-6,13H2,1-2H3,(H,14,16)(H,15,17). The molecule has 100 valence electrons. The first-order valence-electron chi connectivity index (χ1n) is 6.41. The third-order valence-corrected chi connectivity index (χ3v) is 3.98. The van der Waals surface area contributed by atoms with Gasteiger partial charge in [-0.25, -0.2) is 4.98 Å². The van der Waals surface area contributed by atoms with Crippen molar-refractivity contribution in [1.29, 1.82) is 0 Å². The Bertz CT molecular complexity index is 428. The molecule has 0 saturated heterocycles. The number of hydrogen-bond acceptors (Lipinski definition) is 5. The number of carbonyl (C=O) groups is 1. The van der Waals surface area contributed by atoms with E-state index in [9.17, 15) is 4.79 Å². The number of aromatic nitrogens is 1. The molecule has 2 rings (SSSR count). The lowest BCUT2D eigenvalue weighted by atomic mass is 10.1. The Morgan fingerprint density at radius 1 is 1.61 bits per heavy atom. The lowest BCUT2D eigenvalue weighted by Crippen LogP contribution is -2.32. The first-order chi connectivity index (χ1) is 8.60. The predicted molar refractivity (Wildman–Crippen MR) is 75.0 cm³/mol. The minimum Gasteiger partial charge on any atom is -0.382 e. The van der Waals surface area contributed by atoms with Gasteiger partial charge in [-0.2, -0.15) is 0 Å². The molecule has 1 aromatic rings. The zero-order valence-corrected chi connectivity index (χ0v) is 11.6. The molecule has 0 radical (unpaired) electrons. The van der Waals surface area contributed by atoms with Gasteiger partial charge in [0.25, 0.3) is 5.91 Å². The quantitative estimate of drug-likeness (QED) is 0.738. The van der Waals surface area contributed by atoms with Crippen LogP contribution in [0.3, 0.4) is 0 Å². The van der Waals surface area contributed by atoms with Gasteiger partial charge in [0.2, 0.25) is 0 Å². The number of nitrogens with zero attached hydrogens (tertiary/aromatic N) is 1. The summed E-state index contributed by atoms with van der Waals surface area (Å²) < 4.78 is 0. The number of thiazole rings is 1. The van der Waals surface area contributed by atoms with E-state index in [1.165, 1.54) is 24.2 Å². The van der Waals surface area contributed by atoms with Crippen LogP contribution < -0.4 is 16.4 Å². The maximum Gasteiger partial charge on any atom is 0.265 e. The highest BCUT2D eigenvalue weighted by Gasteiger charge is 2.25. The maximum atomic E-state index is 12.0. The van der Waals surface area contributed by atoms with Crippen LogP contribution in [0.15, 0.2) is 0 Å². The number of carbonyl (C=O) groups excluding carboxylic acids is 1. The fourth-order valence-corrected chi connectivity index (χ4v) is 2.78. The molecule has 1 aromatic heterocycles. The summed E-state index contributed by atoms with van der Waals surface area (Å²) in [6.45, 7) is 4.79. The van der Waals surface area contributed by atoms with Crippen molar-refractivity contribution >= 4 is 28.2 Å². The van der Waals surface area contributed by atoms with Crippen molar-refractivity contribution in [3.8, 4) is 0 Å². The van der Waals surface area contributed by atoms with Crippen molar-refractivity contribution in [3.05, 3.63) is 4.88 Å². The molecular weight excluding hydrogens is 248 g/mol. The van der Waals surface area contributed by atoms with Gasteiger partial charge in [-0.3, -0.25) is 4.79 Å². The fourth-order valence-electron chi connectivity index (χ4n) is 1.92. The number of hydrogen-bond donors (Lipinski definition) is 3. The molecule has 0 aliphatic heterocycles. The van der Waals surface area contributed by atoms with Gasteiger partial charge in [-0.05, 0) is 26.2 Å². The van der Waals surface area contributed by atoms with Crippen LogP contribution in [0.1, 0.15) is 42.8 Å². The maximum absolute atomic E-state index is 12.0. The molecule has 5 nitrogen and oxygen atoms in total. The largest absolute Gasteiger partial charge is 0.382 e. The van der Waals surface area contributed by atoms with Gasteiger partial charge in [0.05, 0.1) is 0 Å². The van der Waals surface area contributed by atoms with E-state index >= 15 is 0 Å². The summed E-state index contributed by atoms with van der Waals surface area (Å²) in [4.78, 5) is 16.7. The molecule has 0 aromatic carbocycles. The lowest BCUT2D eigenvalue weighted by Gasteiger charge is -2.12. The number of rotatable bonds is 6. The second kappa shape index (κ2) is 5.56. The molecule has 0 bridgehead atoms. The Morgan fingerprint density at radius 3 is 2.94 bits per heavy atom. The smallest absolute Gasteiger partial charge is 0.265 e. The van der Waals surface area contributed by atoms with E-state index < -0.39 is 0 Å². The van der Waals surface area contributed by atoms with E-state index in [0.717, 1.165) is 18.9 Å². The van der Waals surface area contributed by atoms with E-state index in [-0.39, 0.29) is 11.9 Å². The summed E-state index contributed by atoms with van der Waals surface area (Å²) in [5, 5.41) is 6.76. The third-order valence-electron chi connectivity index (χ3n) is 2.95. The number of amides is 1. The number of nitrogens with two attached hydrogens (primary N) is 1. The van der Waals surface area contributed by atoms with Crippen LogP contribution in [0, 0.1) is 5.92 Å². The van der Waals surface area contributed by atoms with Gasteiger partial charge in [0.1, 0.15) is 10.7 Å². The molecule has 18 heavy (non-hydrogen) atoms. The zero-order chi connectivity index (χ0) is 13.1. The highest BCUT2D eigenvalue weighted by Crippen LogP contribution is 2.33. The highest BCUT2D eigenvalue weighted by atomic mass is 32.1. The van der Waals surface area contributed by atoms with Crippen molar-refractivity contribution in [2.75, 3.05) is 17.6 Å². The van der Waals surface area contributed by atoms with Crippen molar-refractivity contribution in [3.63, 3.8) is 0 Å². The normalized spacial score (nSPS) is 16.3. The molecule has 1 unspecified atom stereocenters. The van der Waals surface area contributed by atoms with Crippen molar-refractivity contribution < 1.29 is 4.79 Å². The lowest BCUT2D eigenvalue weighted by molar-refractivity contribution is 0.0942. The molecule has 1 aliphatic rings. The van der Waals surface area contributed by atoms with E-state index in [1.54, 1.807) is 0 Å². The average molecular weight is 268 g/mol. The van der Waals surface area contributed by atoms with Gasteiger partial charge >= 0.3 is 0 Å². The molecule has 4 N–H and O–H groups in total. The van der Waals surface area contributed by atoms with Crippen LogP contribution in [-0.4, -0.2) is 23.5 Å². The summed E-state index contributed by atoms with van der Waals surface area (Å²) in [7, 11) is 0. The molecule has 1 aliphatic carbocycles. The monoisotopic (exact) mass is 268 g/mol. The molecule has 1 fully saturated rings. The third kappa shape index (κ3) is 3.35. The Labute approximate surface area is 111 Å². The fraction of sp³-hybridized carbons (Fsp3) is 0.667. The van der Waals surface area contributed by atoms with E-state index in [2.05, 4.69) is 15.6 Å². The highest BCUT2D eigenvalue weighted by molar-refractivity contribution is 7.18. The summed E-state index contributed by atoms with van der Waals surface area (Å²) >= 11 is 1.31. The van der Waals surface area contributed by atoms with Gasteiger partial charge in [-0.15, -0.1) is 0 Å². The van der Waals surface area contributed by atoms with Crippen molar-refractivity contribution in [1.82, 2.24) is 10.3 Å². The molecule has 1 heterocycles. The van der Waals surface area contributed by atoms with Gasteiger partial charge in [-0.1, -0.05) is 24.2 Å².